The van der Waals surface area contributed by atoms with Crippen LogP contribution in [0, 0.1) is 0 Å². The quantitative estimate of drug-likeness (QED) is 0.826. The Morgan fingerprint density at radius 1 is 1.50 bits per heavy atom. The maximum Gasteiger partial charge on any atom is 0.275 e. The third-order valence-corrected chi connectivity index (χ3v) is 3.84. The molecule has 98 valence electrons. The second-order valence-corrected chi connectivity index (χ2v) is 5.52. The Morgan fingerprint density at radius 3 is 2.78 bits per heavy atom. The monoisotopic (exact) mass is 267 g/mol. The minimum atomic E-state index is 0.133. The Morgan fingerprint density at radius 2 is 2.17 bits per heavy atom. The summed E-state index contributed by atoms with van der Waals surface area (Å²) in [4.78, 5) is 12.9. The molecule has 0 heterocycles. The fraction of sp³-hybridized carbons (Fsp3) is 0.500. The average molecular weight is 268 g/mol. The number of benzene rings is 1. The van der Waals surface area contributed by atoms with Crippen LogP contribution in [-0.4, -0.2) is 25.5 Å². The first-order valence-electron chi connectivity index (χ1n) is 6.44. The van der Waals surface area contributed by atoms with Crippen molar-refractivity contribution in [3.05, 3.63) is 34.9 Å². The molecule has 0 aliphatic heterocycles. The van der Waals surface area contributed by atoms with Crippen LogP contribution in [0.2, 0.25) is 5.02 Å². The van der Waals surface area contributed by atoms with Crippen LogP contribution in [0.3, 0.4) is 0 Å². The molecule has 3 nitrogen and oxygen atoms in total. The van der Waals surface area contributed by atoms with Crippen LogP contribution in [0.5, 0.6) is 0 Å². The zero-order valence-corrected chi connectivity index (χ0v) is 11.6. The third-order valence-electron chi connectivity index (χ3n) is 3.49. The van der Waals surface area contributed by atoms with Gasteiger partial charge in [-0.05, 0) is 25.8 Å². The average Bonchev–Trinajstić information content (AvgIpc) is 3.12. The molecule has 1 fully saturated rings. The standard InChI is InChI=1S/C14H19ClN2O/c1-10(12-5-3-4-6-13(12)15)17(2)9-14(18)16-11-7-8-11/h3-6,10-11H,7-9H2,1-2H3,(H,16,18)/p+1/t10-/m1/s1. The van der Waals surface area contributed by atoms with E-state index in [0.29, 0.717) is 12.6 Å². The number of hydrogen-bond donors (Lipinski definition) is 2. The van der Waals surface area contributed by atoms with E-state index in [9.17, 15) is 4.79 Å². The fourth-order valence-electron chi connectivity index (χ4n) is 2.00. The molecule has 1 aliphatic carbocycles. The van der Waals surface area contributed by atoms with Crippen LogP contribution in [0.15, 0.2) is 24.3 Å². The van der Waals surface area contributed by atoms with E-state index in [1.165, 1.54) is 0 Å². The zero-order valence-electron chi connectivity index (χ0n) is 10.9. The molecular weight excluding hydrogens is 248 g/mol. The molecule has 2 atom stereocenters. The Kier molecular flexibility index (Phi) is 4.25. The molecule has 0 bridgehead atoms. The summed E-state index contributed by atoms with van der Waals surface area (Å²) in [5.41, 5.74) is 1.09. The molecule has 1 aliphatic rings. The van der Waals surface area contributed by atoms with E-state index >= 15 is 0 Å². The van der Waals surface area contributed by atoms with E-state index in [2.05, 4.69) is 12.2 Å². The van der Waals surface area contributed by atoms with Gasteiger partial charge in [-0.25, -0.2) is 0 Å². The smallest absolute Gasteiger partial charge is 0.275 e. The van der Waals surface area contributed by atoms with Crippen molar-refractivity contribution in [3.8, 4) is 0 Å². The molecule has 2 N–H and O–H groups in total. The van der Waals surface area contributed by atoms with Crippen molar-refractivity contribution in [1.82, 2.24) is 5.32 Å². The van der Waals surface area contributed by atoms with Crippen LogP contribution in [-0.2, 0) is 4.79 Å². The predicted molar refractivity (Wildman–Crippen MR) is 72.8 cm³/mol. The van der Waals surface area contributed by atoms with Gasteiger partial charge in [-0.1, -0.05) is 29.8 Å². The zero-order chi connectivity index (χ0) is 13.1. The van der Waals surface area contributed by atoms with Crippen molar-refractivity contribution in [2.24, 2.45) is 0 Å². The lowest BCUT2D eigenvalue weighted by molar-refractivity contribution is -0.902. The number of amides is 1. The summed E-state index contributed by atoms with van der Waals surface area (Å²) in [6.45, 7) is 2.59. The topological polar surface area (TPSA) is 33.5 Å². The van der Waals surface area contributed by atoms with Gasteiger partial charge in [0.1, 0.15) is 6.04 Å². The normalized spacial score (nSPS) is 18.2. The molecule has 1 aromatic carbocycles. The Balaban J connectivity index is 1.93. The van der Waals surface area contributed by atoms with Gasteiger partial charge in [0, 0.05) is 16.6 Å². The largest absolute Gasteiger partial charge is 0.348 e. The highest BCUT2D eigenvalue weighted by Crippen LogP contribution is 2.20. The summed E-state index contributed by atoms with van der Waals surface area (Å²) in [6, 6.07) is 8.47. The number of likely N-dealkylation sites (N-methyl/N-ethyl adjacent to an activating group) is 1. The molecule has 4 heteroatoms. The van der Waals surface area contributed by atoms with Gasteiger partial charge in [-0.15, -0.1) is 0 Å². The van der Waals surface area contributed by atoms with Gasteiger partial charge in [0.25, 0.3) is 5.91 Å². The highest BCUT2D eigenvalue weighted by Gasteiger charge is 2.26. The van der Waals surface area contributed by atoms with E-state index in [1.54, 1.807) is 0 Å². The number of rotatable bonds is 5. The van der Waals surface area contributed by atoms with Crippen LogP contribution >= 0.6 is 11.6 Å². The van der Waals surface area contributed by atoms with Gasteiger partial charge in [0.05, 0.1) is 7.05 Å². The van der Waals surface area contributed by atoms with Crippen LogP contribution < -0.4 is 10.2 Å². The van der Waals surface area contributed by atoms with Crippen LogP contribution in [0.25, 0.3) is 0 Å². The van der Waals surface area contributed by atoms with Crippen molar-refractivity contribution in [2.45, 2.75) is 31.8 Å². The summed E-state index contributed by atoms with van der Waals surface area (Å²) in [5, 5.41) is 3.78. The third kappa shape index (κ3) is 3.47. The van der Waals surface area contributed by atoms with E-state index in [1.807, 2.05) is 31.3 Å². The second-order valence-electron chi connectivity index (χ2n) is 5.11. The number of carbonyl (C=O) groups excluding carboxylic acids is 1. The number of quaternary nitrogens is 1. The molecule has 1 amide bonds. The van der Waals surface area contributed by atoms with Gasteiger partial charge in [0.15, 0.2) is 6.54 Å². The first-order valence-corrected chi connectivity index (χ1v) is 6.82. The molecule has 1 unspecified atom stereocenters. The lowest BCUT2D eigenvalue weighted by Crippen LogP contribution is -3.10. The number of hydrogen-bond acceptors (Lipinski definition) is 1. The summed E-state index contributed by atoms with van der Waals surface area (Å²) in [7, 11) is 2.03. The number of halogens is 1. The molecule has 0 spiro atoms. The fourth-order valence-corrected chi connectivity index (χ4v) is 2.30. The minimum Gasteiger partial charge on any atom is -0.348 e. The van der Waals surface area contributed by atoms with Gasteiger partial charge in [-0.2, -0.15) is 0 Å². The minimum absolute atomic E-state index is 0.133. The van der Waals surface area contributed by atoms with E-state index in [4.69, 9.17) is 11.6 Å². The summed E-state index contributed by atoms with van der Waals surface area (Å²) >= 11 is 6.18. The van der Waals surface area contributed by atoms with Gasteiger partial charge < -0.3 is 10.2 Å². The molecule has 0 radical (unpaired) electrons. The molecule has 2 rings (SSSR count). The highest BCUT2D eigenvalue weighted by atomic mass is 35.5. The SMILES string of the molecule is C[C@H](c1ccccc1Cl)[NH+](C)CC(=O)NC1CC1. The van der Waals surface area contributed by atoms with Crippen molar-refractivity contribution >= 4 is 17.5 Å². The van der Waals surface area contributed by atoms with Crippen LogP contribution in [0.4, 0.5) is 0 Å². The first kappa shape index (κ1) is 13.4. The van der Waals surface area contributed by atoms with Crippen molar-refractivity contribution < 1.29 is 9.69 Å². The van der Waals surface area contributed by atoms with Crippen molar-refractivity contribution in [1.29, 1.82) is 0 Å². The molecule has 1 aromatic rings. The maximum atomic E-state index is 11.8. The van der Waals surface area contributed by atoms with Gasteiger partial charge in [-0.3, -0.25) is 4.79 Å². The van der Waals surface area contributed by atoms with Crippen molar-refractivity contribution in [2.75, 3.05) is 13.6 Å². The molecule has 0 aromatic heterocycles. The second kappa shape index (κ2) is 5.72. The predicted octanol–water partition coefficient (Wildman–Crippen LogP) is 1.19. The number of carbonyl (C=O) groups is 1. The molecule has 1 saturated carbocycles. The van der Waals surface area contributed by atoms with Crippen molar-refractivity contribution in [3.63, 3.8) is 0 Å². The van der Waals surface area contributed by atoms with E-state index < -0.39 is 0 Å². The molecule has 18 heavy (non-hydrogen) atoms. The summed E-state index contributed by atoms with van der Waals surface area (Å²) < 4.78 is 0. The van der Waals surface area contributed by atoms with Crippen LogP contribution in [0.1, 0.15) is 31.4 Å². The van der Waals surface area contributed by atoms with E-state index in [0.717, 1.165) is 28.3 Å². The lowest BCUT2D eigenvalue weighted by atomic mass is 10.1. The van der Waals surface area contributed by atoms with Gasteiger partial charge >= 0.3 is 0 Å². The Hall–Kier alpha value is -1.06. The molecule has 0 saturated heterocycles. The summed E-state index contributed by atoms with van der Waals surface area (Å²) in [6.07, 6.45) is 2.26. The van der Waals surface area contributed by atoms with Gasteiger partial charge in [0.2, 0.25) is 0 Å². The molecular formula is C14H20ClN2O+. The van der Waals surface area contributed by atoms with E-state index in [-0.39, 0.29) is 11.9 Å². The Labute approximate surface area is 113 Å². The lowest BCUT2D eigenvalue weighted by Gasteiger charge is -2.22. The summed E-state index contributed by atoms with van der Waals surface area (Å²) in [5.74, 6) is 0.133. The number of nitrogens with one attached hydrogen (secondary N) is 2. The highest BCUT2D eigenvalue weighted by molar-refractivity contribution is 6.31. The Bertz CT molecular complexity index is 432. The maximum absolute atomic E-state index is 11.8. The first-order chi connectivity index (χ1) is 8.58.